The van der Waals surface area contributed by atoms with Crippen molar-refractivity contribution in [3.05, 3.63) is 53.6 Å². The molecule has 0 saturated heterocycles. The van der Waals surface area contributed by atoms with E-state index < -0.39 is 0 Å². The summed E-state index contributed by atoms with van der Waals surface area (Å²) in [6, 6.07) is 14.4. The van der Waals surface area contributed by atoms with Crippen LogP contribution in [0.5, 0.6) is 5.75 Å². The molecule has 0 radical (unpaired) electrons. The molecule has 0 heterocycles. The predicted molar refractivity (Wildman–Crippen MR) is 90.1 cm³/mol. The molecule has 0 fully saturated rings. The fraction of sp³-hybridized carbons (Fsp3) is 0.333. The van der Waals surface area contributed by atoms with Crippen LogP contribution in [0, 0.1) is 0 Å². The number of fused-ring (bicyclic) bond motifs is 1. The van der Waals surface area contributed by atoms with Crippen LogP contribution >= 0.6 is 11.8 Å². The summed E-state index contributed by atoms with van der Waals surface area (Å²) in [6.07, 6.45) is 0.985. The van der Waals surface area contributed by atoms with Gasteiger partial charge < -0.3 is 16.6 Å². The smallest absolute Gasteiger partial charge is 0.129 e. The highest BCUT2D eigenvalue weighted by Gasteiger charge is 2.43. The maximum atomic E-state index is 9.81. The van der Waals surface area contributed by atoms with Crippen molar-refractivity contribution in [3.8, 4) is 5.75 Å². The summed E-state index contributed by atoms with van der Waals surface area (Å²) >= 11 is 1.89. The summed E-state index contributed by atoms with van der Waals surface area (Å²) in [7, 11) is 0. The molecule has 0 aromatic heterocycles. The molecule has 0 spiro atoms. The molecule has 1 aliphatic carbocycles. The van der Waals surface area contributed by atoms with Crippen molar-refractivity contribution in [3.63, 3.8) is 0 Å². The first-order valence-corrected chi connectivity index (χ1v) is 8.50. The van der Waals surface area contributed by atoms with E-state index in [-0.39, 0.29) is 11.5 Å². The van der Waals surface area contributed by atoms with E-state index in [1.165, 1.54) is 16.0 Å². The second-order valence-electron chi connectivity index (χ2n) is 6.68. The minimum atomic E-state index is -0.0495. The van der Waals surface area contributed by atoms with E-state index in [9.17, 15) is 5.11 Å². The average Bonchev–Trinajstić information content (AvgIpc) is 2.46. The van der Waals surface area contributed by atoms with Gasteiger partial charge in [0.25, 0.3) is 0 Å². The number of aromatic hydroxyl groups is 1. The van der Waals surface area contributed by atoms with Crippen molar-refractivity contribution in [1.82, 2.24) is 0 Å². The van der Waals surface area contributed by atoms with Crippen molar-refractivity contribution in [2.24, 2.45) is 0 Å². The van der Waals surface area contributed by atoms with Gasteiger partial charge in [0.1, 0.15) is 17.5 Å². The summed E-state index contributed by atoms with van der Waals surface area (Å²) in [6.45, 7) is 4.46. The molecule has 4 heteroatoms. The van der Waals surface area contributed by atoms with Crippen LogP contribution < -0.4 is 11.5 Å². The van der Waals surface area contributed by atoms with Gasteiger partial charge in [-0.05, 0) is 41.8 Å². The van der Waals surface area contributed by atoms with Gasteiger partial charge >= 0.3 is 0 Å². The first-order valence-electron chi connectivity index (χ1n) is 7.62. The lowest BCUT2D eigenvalue weighted by Gasteiger charge is -2.40. The quantitative estimate of drug-likeness (QED) is 0.791. The Labute approximate surface area is 135 Å². The standard InChI is InChI=1S/C18H22N2OS/c1-18(2)15-10-13(21)7-6-11(15)8-16(17(18)20)22-14-5-3-4-12(19)9-14/h3-7,9-10,16-17,21H,8,19-20H2,1-2H3/p+2. The second kappa shape index (κ2) is 5.61. The predicted octanol–water partition coefficient (Wildman–Crippen LogP) is 1.87. The average molecular weight is 316 g/mol. The highest BCUT2D eigenvalue weighted by molar-refractivity contribution is 8.00. The molecule has 22 heavy (non-hydrogen) atoms. The molecule has 0 bridgehead atoms. The van der Waals surface area contributed by atoms with Crippen molar-refractivity contribution >= 4 is 17.4 Å². The molecule has 3 nitrogen and oxygen atoms in total. The summed E-state index contributed by atoms with van der Waals surface area (Å²) in [4.78, 5) is 1.25. The summed E-state index contributed by atoms with van der Waals surface area (Å²) < 4.78 is 0. The van der Waals surface area contributed by atoms with E-state index in [1.807, 2.05) is 23.9 Å². The Balaban J connectivity index is 1.93. The van der Waals surface area contributed by atoms with Crippen LogP contribution in [0.3, 0.4) is 0 Å². The number of benzene rings is 2. The van der Waals surface area contributed by atoms with Crippen LogP contribution in [-0.4, -0.2) is 16.4 Å². The molecule has 0 aliphatic heterocycles. The van der Waals surface area contributed by atoms with Gasteiger partial charge in [-0.3, -0.25) is 0 Å². The van der Waals surface area contributed by atoms with E-state index in [4.69, 9.17) is 0 Å². The Morgan fingerprint density at radius 3 is 2.68 bits per heavy atom. The monoisotopic (exact) mass is 316 g/mol. The molecule has 7 N–H and O–H groups in total. The minimum Gasteiger partial charge on any atom is -0.508 e. The lowest BCUT2D eigenvalue weighted by atomic mass is 9.69. The Kier molecular flexibility index (Phi) is 3.93. The molecular formula is C18H24N2OS+2. The van der Waals surface area contributed by atoms with Gasteiger partial charge in [-0.1, -0.05) is 26.0 Å². The molecule has 3 rings (SSSR count). The minimum absolute atomic E-state index is 0.0495. The van der Waals surface area contributed by atoms with Gasteiger partial charge in [0.15, 0.2) is 0 Å². The molecule has 2 aromatic rings. The largest absolute Gasteiger partial charge is 0.508 e. The third kappa shape index (κ3) is 2.74. The molecule has 2 aromatic carbocycles. The molecular weight excluding hydrogens is 292 g/mol. The van der Waals surface area contributed by atoms with E-state index in [2.05, 4.69) is 49.6 Å². The van der Waals surface area contributed by atoms with Gasteiger partial charge in [-0.25, -0.2) is 0 Å². The maximum Gasteiger partial charge on any atom is 0.129 e. The van der Waals surface area contributed by atoms with Gasteiger partial charge in [-0.2, -0.15) is 0 Å². The fourth-order valence-corrected chi connectivity index (χ4v) is 4.78. The van der Waals surface area contributed by atoms with E-state index >= 15 is 0 Å². The lowest BCUT2D eigenvalue weighted by molar-refractivity contribution is -0.435. The number of rotatable bonds is 2. The number of hydrogen-bond acceptors (Lipinski definition) is 2. The first-order chi connectivity index (χ1) is 10.4. The summed E-state index contributed by atoms with van der Waals surface area (Å²) in [5.74, 6) is 0.342. The van der Waals surface area contributed by atoms with Crippen molar-refractivity contribution in [1.29, 1.82) is 0 Å². The number of phenolic OH excluding ortho intramolecular Hbond substituents is 1. The van der Waals surface area contributed by atoms with E-state index in [0.717, 1.165) is 12.1 Å². The van der Waals surface area contributed by atoms with Crippen molar-refractivity contribution < 1.29 is 16.6 Å². The zero-order valence-electron chi connectivity index (χ0n) is 13.2. The van der Waals surface area contributed by atoms with Gasteiger partial charge in [0, 0.05) is 16.4 Å². The van der Waals surface area contributed by atoms with Gasteiger partial charge in [0.05, 0.1) is 5.25 Å². The van der Waals surface area contributed by atoms with Crippen LogP contribution in [0.25, 0.3) is 0 Å². The number of phenols is 1. The molecule has 1 aliphatic rings. The van der Waals surface area contributed by atoms with Crippen LogP contribution in [0.1, 0.15) is 25.0 Å². The highest BCUT2D eigenvalue weighted by Crippen LogP contribution is 2.42. The number of quaternary nitrogens is 2. The fourth-order valence-electron chi connectivity index (χ4n) is 3.28. The van der Waals surface area contributed by atoms with Crippen LogP contribution in [-0.2, 0) is 11.8 Å². The van der Waals surface area contributed by atoms with Crippen molar-refractivity contribution in [2.45, 2.75) is 41.9 Å². The van der Waals surface area contributed by atoms with Crippen LogP contribution in [0.2, 0.25) is 0 Å². The van der Waals surface area contributed by atoms with Gasteiger partial charge in [0.2, 0.25) is 0 Å². The number of thioether (sulfide) groups is 1. The SMILES string of the molecule is CC1(C)c2cc(O)ccc2CC(Sc2cccc([NH3+])c2)C1[NH3+]. The molecule has 116 valence electrons. The third-order valence-electron chi connectivity index (χ3n) is 4.77. The highest BCUT2D eigenvalue weighted by atomic mass is 32.2. The van der Waals surface area contributed by atoms with E-state index in [1.54, 1.807) is 6.07 Å². The third-order valence-corrected chi connectivity index (χ3v) is 6.09. The lowest BCUT2D eigenvalue weighted by Crippen LogP contribution is -2.74. The maximum absolute atomic E-state index is 9.81. The van der Waals surface area contributed by atoms with Crippen LogP contribution in [0.15, 0.2) is 47.4 Å². The Hall–Kier alpha value is -1.49. The zero-order chi connectivity index (χ0) is 15.9. The summed E-state index contributed by atoms with van der Waals surface area (Å²) in [5, 5.41) is 10.2. The Bertz CT molecular complexity index is 699. The molecule has 0 amide bonds. The normalized spacial score (nSPS) is 23.1. The zero-order valence-corrected chi connectivity index (χ0v) is 14.0. The van der Waals surface area contributed by atoms with Crippen molar-refractivity contribution in [2.75, 3.05) is 0 Å². The topological polar surface area (TPSA) is 75.5 Å². The Morgan fingerprint density at radius 2 is 1.95 bits per heavy atom. The number of hydrogen-bond donors (Lipinski definition) is 3. The molecule has 2 unspecified atom stereocenters. The first kappa shape index (κ1) is 15.4. The second-order valence-corrected chi connectivity index (χ2v) is 7.99. The van der Waals surface area contributed by atoms with E-state index in [0.29, 0.717) is 11.0 Å². The Morgan fingerprint density at radius 1 is 1.18 bits per heavy atom. The molecule has 2 atom stereocenters. The van der Waals surface area contributed by atoms with Crippen LogP contribution in [0.4, 0.5) is 5.69 Å². The molecule has 0 saturated carbocycles. The summed E-state index contributed by atoms with van der Waals surface area (Å²) in [5.41, 5.74) is 12.0. The van der Waals surface area contributed by atoms with Gasteiger partial charge in [-0.15, -0.1) is 11.8 Å².